The van der Waals surface area contributed by atoms with Crippen LogP contribution in [0.15, 0.2) is 174 Å². The minimum atomic E-state index is -0.544. The van der Waals surface area contributed by atoms with Crippen LogP contribution in [0, 0.1) is 39.7 Å². The van der Waals surface area contributed by atoms with Gasteiger partial charge in [0.15, 0.2) is 18.3 Å². The van der Waals surface area contributed by atoms with E-state index in [-0.39, 0.29) is 66.7 Å². The number of halogens is 3. The van der Waals surface area contributed by atoms with Crippen LogP contribution < -0.4 is 86.7 Å². The van der Waals surface area contributed by atoms with Crippen molar-refractivity contribution in [3.63, 3.8) is 0 Å². The summed E-state index contributed by atoms with van der Waals surface area (Å²) >= 11 is 9.78. The predicted molar refractivity (Wildman–Crippen MR) is 590 cm³/mol. The number of alkyl carbamates (subject to hydrolysis) is 2. The molecule has 791 valence electrons. The molecule has 39 nitrogen and oxygen atoms in total. The third kappa shape index (κ3) is 40.6. The average Bonchev–Trinajstić information content (AvgIpc) is 0.790. The Kier molecular flexibility index (Phi) is 55.0. The van der Waals surface area contributed by atoms with Crippen LogP contribution in [-0.2, 0) is 28.5 Å². The van der Waals surface area contributed by atoms with Gasteiger partial charge in [0.05, 0.1) is 95.3 Å². The first kappa shape index (κ1) is 124. The number of nitrogens with two attached hydrogens (primary N) is 4. The van der Waals surface area contributed by atoms with Gasteiger partial charge in [0.25, 0.3) is 5.69 Å². The van der Waals surface area contributed by atoms with E-state index in [0.717, 1.165) is 184 Å². The van der Waals surface area contributed by atoms with Gasteiger partial charge >= 0.3 is 36.9 Å². The number of thiol groups is 1. The Hall–Kier alpha value is -12.8. The zero-order chi connectivity index (χ0) is 107. The number of methoxy groups -OCH3 is 9. The van der Waals surface area contributed by atoms with Gasteiger partial charge in [0.2, 0.25) is 0 Å². The van der Waals surface area contributed by atoms with Crippen molar-refractivity contribution < 1.29 is 76.2 Å². The van der Waals surface area contributed by atoms with Crippen molar-refractivity contribution in [2.75, 3.05) is 167 Å². The van der Waals surface area contributed by atoms with Crippen molar-refractivity contribution >= 4 is 184 Å². The second-order valence-electron chi connectivity index (χ2n) is 35.9. The van der Waals surface area contributed by atoms with Crippen LogP contribution in [0.2, 0.25) is 0 Å². The molecular weight excluding hydrogens is 2040 g/mol. The number of alkyl halides is 1. The van der Waals surface area contributed by atoms with Crippen LogP contribution in [0.4, 0.5) is 49.4 Å². The summed E-state index contributed by atoms with van der Waals surface area (Å²) in [6.45, 7) is 29.3. The third-order valence-electron chi connectivity index (χ3n) is 22.0. The molecule has 5 aromatic heterocycles. The number of benzene rings is 7. The molecule has 1 radical (unpaired) electrons. The van der Waals surface area contributed by atoms with E-state index in [9.17, 15) is 19.7 Å². The van der Waals surface area contributed by atoms with Gasteiger partial charge in [-0.15, -0.1) is 12.4 Å². The van der Waals surface area contributed by atoms with E-state index in [1.54, 1.807) is 143 Å². The summed E-state index contributed by atoms with van der Waals surface area (Å²) in [6.07, 6.45) is 23.2. The number of nitro benzene ring substituents is 1. The van der Waals surface area contributed by atoms with Crippen molar-refractivity contribution in [1.29, 1.82) is 0 Å². The number of piperidine rings is 4. The van der Waals surface area contributed by atoms with Gasteiger partial charge in [-0.1, -0.05) is 61.8 Å². The number of anilines is 6. The SMILES string of the molecule is COCCBr.COCCC[C@@H]1C[C@H](C)CN(c2ccc(OC)c3nccnc23)C1.COc1ccc(Br)c2nccnc12.COc1ccc(N2C[C@@H](C)C[C@@H](N)C2)c2nccnc12.COc1ccc(N2C[C@@H](C)C[C@@H](NC(=O)OC(C)(C)C)C2)c2nccnc12.COc1cccc(N)c1N.COc1cccc([N+](=O)[O-])c1N.COc1cccc2nccnc12.C[C@@H]1CNC[C@H](NC(=O)OC(C)(C)C)C1.Cl.O=CC=O.[B]=NS. The van der Waals surface area contributed by atoms with Crippen molar-refractivity contribution in [1.82, 2.24) is 65.8 Å². The molecule has 0 bridgehead atoms. The molecule has 2 amide bonds. The molecule has 7 aromatic carbocycles. The second kappa shape index (κ2) is 65.0. The average molecular weight is 2190 g/mol. The molecule has 16 rings (SSSR count). The molecule has 44 heteroatoms. The summed E-state index contributed by atoms with van der Waals surface area (Å²) in [4.78, 5) is 102. The monoisotopic (exact) mass is 2180 g/mol. The molecule has 0 saturated carbocycles. The number of nitrogen functional groups attached to an aromatic ring is 3. The number of hydrogen-bond acceptors (Lipinski definition) is 37. The maximum absolute atomic E-state index is 12.2. The summed E-state index contributed by atoms with van der Waals surface area (Å²) in [5.74, 6) is 7.71. The number of rotatable bonds is 20. The first-order valence-corrected chi connectivity index (χ1v) is 49.2. The molecule has 8 atom stereocenters. The van der Waals surface area contributed by atoms with E-state index in [4.69, 9.17) is 79.9 Å². The summed E-state index contributed by atoms with van der Waals surface area (Å²) in [7, 11) is 19.0. The number of nitro groups is 1. The quantitative estimate of drug-likeness (QED) is 0.00404. The molecular formula is C102H141BBr2ClN22O17S. The fourth-order valence-corrected chi connectivity index (χ4v) is 16.9. The Balaban J connectivity index is 0.000000294. The number of hydrogen-bond donors (Lipinski definition) is 8. The number of aldehydes is 2. The van der Waals surface area contributed by atoms with E-state index >= 15 is 0 Å². The fourth-order valence-electron chi connectivity index (χ4n) is 16.2. The van der Waals surface area contributed by atoms with E-state index in [2.05, 4.69) is 182 Å². The molecule has 4 aliphatic rings. The standard InChI is InChI=1S/C20H28N4O3.C19H27N3O2.C15H20N4O.C11H22N2O2.C9H7BrN2O.C9H8N2O.C7H8N2O3.C7H10N2O.C3H7BrO.C2H2O2.BHNS.ClH/c1-13-10-14(23-19(25)27-20(2,3)4)12-24(11-13)15-6-7-16(26-5)18-17(15)21-8-9-22-18;1-14-11-15(5-4-10-23-2)13-22(12-14)16-6-7-17(24-3)19-18(16)20-8-9-21-19;1-10-7-11(16)9-19(8-10)12-3-4-13(20-2)15-14(12)17-5-6-18-15;1-8-5-9(7-12-6-8)13-10(14)15-11(2,3)4;1-13-7-3-2-6(10)8-9(7)12-5-4-11-8;1-12-8-4-2-3-7-9(8)11-6-5-10-7;1-12-6-4-2-3-5(7(6)8)9(10)11;1-10-6-4-2-3-5(8)7(6)9;1-5-3-2-4;3-1-2-4;1-2-3;/h6-9,13-14H,10-12H2,1-5H3,(H,23,25);6-9,14-15H,4-5,10-13H2,1-3H3;3-6,10-11H,7-9,16H2,1-2H3;8-9,12H,5-7H2,1-4H3,(H,13,14);2-5H,1H3;2-6H,1H3;2-4H,8H2,1H3;2-4H,8-9H2,1H3;2-3H2,1H3;1-2H;3H;1H/t13-,14+;14-,15+;10-,11+;8-,9+;;;;;;;;/m0000......../s1. The second-order valence-corrected chi connectivity index (χ2v) is 37.8. The van der Waals surface area contributed by atoms with Gasteiger partial charge in [-0.3, -0.25) is 44.6 Å². The molecule has 4 aliphatic heterocycles. The molecule has 0 spiro atoms. The number of nitrogens with zero attached hydrogens (tertiary/aromatic N) is 15. The number of aromatic nitrogens is 10. The first-order chi connectivity index (χ1) is 69.4. The Labute approximate surface area is 884 Å². The van der Waals surface area contributed by atoms with Crippen molar-refractivity contribution in [2.24, 2.45) is 39.6 Å². The molecule has 0 unspecified atom stereocenters. The minimum absolute atomic E-state index is 0. The van der Waals surface area contributed by atoms with Crippen LogP contribution in [0.25, 0.3) is 55.2 Å². The van der Waals surface area contributed by atoms with Crippen LogP contribution in [-0.4, -0.2) is 251 Å². The normalized spacial score (nSPS) is 16.9. The first-order valence-electron chi connectivity index (χ1n) is 46.9. The van der Waals surface area contributed by atoms with Crippen molar-refractivity contribution in [3.05, 3.63) is 180 Å². The molecule has 9 heterocycles. The Morgan fingerprint density at radius 3 is 1.27 bits per heavy atom. The van der Waals surface area contributed by atoms with Crippen LogP contribution in [0.5, 0.6) is 40.2 Å². The number of nitrogens with one attached hydrogen (secondary N) is 3. The van der Waals surface area contributed by atoms with Gasteiger partial charge in [-0.2, -0.15) is 0 Å². The van der Waals surface area contributed by atoms with Gasteiger partial charge in [0.1, 0.15) is 101 Å². The van der Waals surface area contributed by atoms with Crippen LogP contribution in [0.3, 0.4) is 0 Å². The summed E-state index contributed by atoms with van der Waals surface area (Å²) < 4.78 is 60.3. The molecule has 4 fully saturated rings. The Morgan fingerprint density at radius 1 is 0.479 bits per heavy atom. The topological polar surface area (TPSA) is 504 Å². The number of carbonyl (C=O) groups is 4. The zero-order valence-corrected chi connectivity index (χ0v) is 91.4. The van der Waals surface area contributed by atoms with Gasteiger partial charge < -0.3 is 106 Å². The van der Waals surface area contributed by atoms with E-state index in [1.165, 1.54) is 37.8 Å². The van der Waals surface area contributed by atoms with E-state index in [0.29, 0.717) is 64.8 Å². The fraction of sp³-hybridized carbons (Fsp3) is 0.451. The van der Waals surface area contributed by atoms with Crippen LogP contribution >= 0.6 is 57.1 Å². The molecule has 0 aliphatic carbocycles. The third-order valence-corrected chi connectivity index (χ3v) is 23.0. The van der Waals surface area contributed by atoms with Crippen LogP contribution in [0.1, 0.15) is 108 Å². The van der Waals surface area contributed by atoms with Gasteiger partial charge in [-0.25, -0.2) is 34.5 Å². The number of amides is 2. The number of para-hydroxylation sites is 3. The van der Waals surface area contributed by atoms with Gasteiger partial charge in [-0.05, 0) is 211 Å². The number of fused-ring (bicyclic) bond motifs is 5. The van der Waals surface area contributed by atoms with Crippen molar-refractivity contribution in [3.8, 4) is 40.2 Å². The summed E-state index contributed by atoms with van der Waals surface area (Å²) in [5, 5.41) is 20.5. The van der Waals surface area contributed by atoms with E-state index < -0.39 is 16.1 Å². The number of carbonyl (C=O) groups excluding carboxylic acids is 4. The van der Waals surface area contributed by atoms with E-state index in [1.807, 2.05) is 96.1 Å². The van der Waals surface area contributed by atoms with Crippen molar-refractivity contribution in [2.45, 2.75) is 137 Å². The zero-order valence-electron chi connectivity index (χ0n) is 86.5. The molecule has 4 saturated heterocycles. The number of ether oxygens (including phenoxy) is 11. The summed E-state index contributed by atoms with van der Waals surface area (Å²) in [5.41, 5.74) is 34.2. The summed E-state index contributed by atoms with van der Waals surface area (Å²) in [6, 6.07) is 31.7. The van der Waals surface area contributed by atoms with Gasteiger partial charge in [0, 0.05) is 163 Å². The molecule has 146 heavy (non-hydrogen) atoms. The Bertz CT molecular complexity index is 6000. The molecule has 12 aromatic rings. The maximum atomic E-state index is 12.2. The molecule has 11 N–H and O–H groups in total. The Morgan fingerprint density at radius 2 is 0.849 bits per heavy atom. The predicted octanol–water partition coefficient (Wildman–Crippen LogP) is 17.3.